The highest BCUT2D eigenvalue weighted by molar-refractivity contribution is 5.10. The maximum atomic E-state index is 5.66. The summed E-state index contributed by atoms with van der Waals surface area (Å²) in [5.41, 5.74) is 0.357. The van der Waals surface area contributed by atoms with Gasteiger partial charge in [-0.1, -0.05) is 13.8 Å². The largest absolute Gasteiger partial charge is 0.377 e. The first-order valence-electron chi connectivity index (χ1n) is 4.47. The van der Waals surface area contributed by atoms with Gasteiger partial charge in [0.05, 0.1) is 6.10 Å². The maximum absolute atomic E-state index is 5.66. The molecule has 0 amide bonds. The van der Waals surface area contributed by atoms with E-state index in [0.29, 0.717) is 17.6 Å². The predicted molar refractivity (Wildman–Crippen MR) is 44.5 cm³/mol. The van der Waals surface area contributed by atoms with Gasteiger partial charge in [0.1, 0.15) is 0 Å². The van der Waals surface area contributed by atoms with E-state index in [2.05, 4.69) is 26.2 Å². The quantitative estimate of drug-likeness (QED) is 0.610. The molecule has 1 heterocycles. The van der Waals surface area contributed by atoms with Crippen molar-refractivity contribution in [3.63, 3.8) is 0 Å². The first kappa shape index (κ1) is 7.56. The van der Waals surface area contributed by atoms with Crippen molar-refractivity contribution < 1.29 is 4.74 Å². The van der Waals surface area contributed by atoms with Gasteiger partial charge in [-0.15, -0.1) is 0 Å². The number of fused-ring (bicyclic) bond motifs is 1. The summed E-state index contributed by atoms with van der Waals surface area (Å²) in [5, 5.41) is 3.38. The van der Waals surface area contributed by atoms with E-state index in [0.717, 1.165) is 12.5 Å². The van der Waals surface area contributed by atoms with Crippen LogP contribution in [-0.2, 0) is 4.74 Å². The third-order valence-electron chi connectivity index (χ3n) is 3.41. The Morgan fingerprint density at radius 1 is 1.45 bits per heavy atom. The first-order valence-corrected chi connectivity index (χ1v) is 4.47. The average Bonchev–Trinajstić information content (AvgIpc) is 2.34. The molecule has 1 aliphatic heterocycles. The van der Waals surface area contributed by atoms with Crippen molar-refractivity contribution in [1.82, 2.24) is 5.32 Å². The summed E-state index contributed by atoms with van der Waals surface area (Å²) >= 11 is 0. The van der Waals surface area contributed by atoms with Crippen molar-refractivity contribution in [2.75, 3.05) is 13.7 Å². The smallest absolute Gasteiger partial charge is 0.0685 e. The standard InChI is InChI=1S/C9H17NO/c1-9(2)7(10-3)6-4-5-11-8(6)9/h6-8,10H,4-5H2,1-3H3/t6-,7+,8+/m0/s1. The summed E-state index contributed by atoms with van der Waals surface area (Å²) in [6, 6.07) is 0.676. The second kappa shape index (κ2) is 2.20. The molecule has 64 valence electrons. The molecule has 0 radical (unpaired) electrons. The first-order chi connectivity index (χ1) is 5.18. The number of hydrogen-bond acceptors (Lipinski definition) is 2. The highest BCUT2D eigenvalue weighted by Gasteiger charge is 2.58. The van der Waals surface area contributed by atoms with E-state index in [1.807, 2.05) is 0 Å². The highest BCUT2D eigenvalue weighted by atomic mass is 16.5. The SMILES string of the molecule is CN[C@@H]1[C@@H]2CCO[C@H]2C1(C)C. The second-order valence-corrected chi connectivity index (χ2v) is 4.33. The molecule has 2 fully saturated rings. The summed E-state index contributed by atoms with van der Waals surface area (Å²) < 4.78 is 5.66. The fraction of sp³-hybridized carbons (Fsp3) is 1.00. The van der Waals surface area contributed by atoms with Gasteiger partial charge in [-0.25, -0.2) is 0 Å². The van der Waals surface area contributed by atoms with Crippen molar-refractivity contribution >= 4 is 0 Å². The molecule has 3 atom stereocenters. The molecule has 1 aliphatic carbocycles. The summed E-state index contributed by atoms with van der Waals surface area (Å²) in [6.07, 6.45) is 1.78. The van der Waals surface area contributed by atoms with Gasteiger partial charge in [0.15, 0.2) is 0 Å². The van der Waals surface area contributed by atoms with Crippen LogP contribution in [0, 0.1) is 11.3 Å². The molecule has 2 nitrogen and oxygen atoms in total. The molecular formula is C9H17NO. The molecule has 0 aromatic carbocycles. The van der Waals surface area contributed by atoms with Crippen LogP contribution in [0.2, 0.25) is 0 Å². The zero-order valence-electron chi connectivity index (χ0n) is 7.55. The molecule has 2 rings (SSSR count). The molecule has 0 bridgehead atoms. The lowest BCUT2D eigenvalue weighted by atomic mass is 9.57. The van der Waals surface area contributed by atoms with Crippen LogP contribution in [0.5, 0.6) is 0 Å². The van der Waals surface area contributed by atoms with E-state index in [1.54, 1.807) is 0 Å². The summed E-state index contributed by atoms with van der Waals surface area (Å²) in [4.78, 5) is 0. The Morgan fingerprint density at radius 2 is 2.18 bits per heavy atom. The molecule has 0 aromatic rings. The monoisotopic (exact) mass is 155 g/mol. The number of ether oxygens (including phenoxy) is 1. The average molecular weight is 155 g/mol. The van der Waals surface area contributed by atoms with E-state index in [1.165, 1.54) is 6.42 Å². The topological polar surface area (TPSA) is 21.3 Å². The van der Waals surface area contributed by atoms with Crippen molar-refractivity contribution in [3.05, 3.63) is 0 Å². The van der Waals surface area contributed by atoms with Crippen molar-refractivity contribution in [2.24, 2.45) is 11.3 Å². The predicted octanol–water partition coefficient (Wildman–Crippen LogP) is 1.02. The van der Waals surface area contributed by atoms with Crippen molar-refractivity contribution in [3.8, 4) is 0 Å². The number of nitrogens with one attached hydrogen (secondary N) is 1. The van der Waals surface area contributed by atoms with Gasteiger partial charge in [0, 0.05) is 24.0 Å². The Hall–Kier alpha value is -0.0800. The lowest BCUT2D eigenvalue weighted by Crippen LogP contribution is -2.65. The number of rotatable bonds is 1. The van der Waals surface area contributed by atoms with Crippen LogP contribution < -0.4 is 5.32 Å². The molecule has 0 unspecified atom stereocenters. The lowest BCUT2D eigenvalue weighted by molar-refractivity contribution is -0.110. The Morgan fingerprint density at radius 3 is 2.82 bits per heavy atom. The maximum Gasteiger partial charge on any atom is 0.0685 e. The van der Waals surface area contributed by atoms with Crippen LogP contribution in [0.25, 0.3) is 0 Å². The number of hydrogen-bond donors (Lipinski definition) is 1. The molecule has 2 heteroatoms. The van der Waals surface area contributed by atoms with Crippen LogP contribution in [0.4, 0.5) is 0 Å². The Kier molecular flexibility index (Phi) is 1.52. The van der Waals surface area contributed by atoms with Gasteiger partial charge < -0.3 is 10.1 Å². The van der Waals surface area contributed by atoms with E-state index in [4.69, 9.17) is 4.74 Å². The van der Waals surface area contributed by atoms with Crippen LogP contribution >= 0.6 is 0 Å². The van der Waals surface area contributed by atoms with Crippen LogP contribution in [0.3, 0.4) is 0 Å². The third kappa shape index (κ3) is 0.798. The van der Waals surface area contributed by atoms with Crippen molar-refractivity contribution in [2.45, 2.75) is 32.4 Å². The van der Waals surface area contributed by atoms with E-state index < -0.39 is 0 Å². The zero-order chi connectivity index (χ0) is 8.06. The summed E-state index contributed by atoms with van der Waals surface area (Å²) in [7, 11) is 2.06. The molecule has 1 N–H and O–H groups in total. The third-order valence-corrected chi connectivity index (χ3v) is 3.41. The molecule has 11 heavy (non-hydrogen) atoms. The van der Waals surface area contributed by atoms with Gasteiger partial charge in [-0.2, -0.15) is 0 Å². The molecule has 1 saturated heterocycles. The fourth-order valence-corrected chi connectivity index (χ4v) is 2.91. The van der Waals surface area contributed by atoms with E-state index >= 15 is 0 Å². The van der Waals surface area contributed by atoms with Crippen LogP contribution in [-0.4, -0.2) is 25.8 Å². The molecular weight excluding hydrogens is 138 g/mol. The Bertz CT molecular complexity index is 167. The van der Waals surface area contributed by atoms with Crippen molar-refractivity contribution in [1.29, 1.82) is 0 Å². The van der Waals surface area contributed by atoms with Gasteiger partial charge in [-0.3, -0.25) is 0 Å². The minimum atomic E-state index is 0.357. The molecule has 1 saturated carbocycles. The molecule has 2 aliphatic rings. The minimum Gasteiger partial charge on any atom is -0.377 e. The van der Waals surface area contributed by atoms with Gasteiger partial charge in [-0.05, 0) is 13.5 Å². The summed E-state index contributed by atoms with van der Waals surface area (Å²) in [5.74, 6) is 0.787. The Labute approximate surface area is 68.3 Å². The van der Waals surface area contributed by atoms with Crippen LogP contribution in [0.15, 0.2) is 0 Å². The Balaban J connectivity index is 2.12. The highest BCUT2D eigenvalue weighted by Crippen LogP contribution is 2.51. The zero-order valence-corrected chi connectivity index (χ0v) is 7.55. The van der Waals surface area contributed by atoms with Gasteiger partial charge >= 0.3 is 0 Å². The van der Waals surface area contributed by atoms with Gasteiger partial charge in [0.2, 0.25) is 0 Å². The summed E-state index contributed by atoms with van der Waals surface area (Å²) in [6.45, 7) is 5.55. The molecule has 0 aromatic heterocycles. The van der Waals surface area contributed by atoms with E-state index in [-0.39, 0.29) is 0 Å². The normalized spacial score (nSPS) is 46.6. The van der Waals surface area contributed by atoms with Gasteiger partial charge in [0.25, 0.3) is 0 Å². The second-order valence-electron chi connectivity index (χ2n) is 4.33. The van der Waals surface area contributed by atoms with E-state index in [9.17, 15) is 0 Å². The molecule has 0 spiro atoms. The van der Waals surface area contributed by atoms with Crippen LogP contribution in [0.1, 0.15) is 20.3 Å². The minimum absolute atomic E-state index is 0.357. The fourth-order valence-electron chi connectivity index (χ4n) is 2.91. The lowest BCUT2D eigenvalue weighted by Gasteiger charge is -2.54.